The van der Waals surface area contributed by atoms with Gasteiger partial charge in [0.1, 0.15) is 6.67 Å². The number of rotatable bonds is 3. The van der Waals surface area contributed by atoms with Gasteiger partial charge in [-0.25, -0.2) is 4.98 Å². The summed E-state index contributed by atoms with van der Waals surface area (Å²) in [6.45, 7) is 4.02. The molecule has 1 aliphatic rings. The molecule has 150 valence electrons. The van der Waals surface area contributed by atoms with Crippen molar-refractivity contribution < 1.29 is 9.53 Å². The van der Waals surface area contributed by atoms with Gasteiger partial charge in [-0.2, -0.15) is 5.26 Å². The van der Waals surface area contributed by atoms with Crippen molar-refractivity contribution in [1.82, 2.24) is 4.98 Å². The average molecular weight is 419 g/mol. The number of anilines is 3. The summed E-state index contributed by atoms with van der Waals surface area (Å²) >= 11 is 6.22. The van der Waals surface area contributed by atoms with Gasteiger partial charge in [0.25, 0.3) is 5.91 Å². The van der Waals surface area contributed by atoms with E-state index in [0.717, 1.165) is 16.9 Å². The molecule has 0 radical (unpaired) electrons. The van der Waals surface area contributed by atoms with Gasteiger partial charge in [-0.1, -0.05) is 17.7 Å². The largest absolute Gasteiger partial charge is 0.481 e. The molecule has 1 amide bonds. The Morgan fingerprint density at radius 2 is 1.83 bits per heavy atom. The van der Waals surface area contributed by atoms with Gasteiger partial charge in [-0.15, -0.1) is 0 Å². The molecule has 2 heterocycles. The Morgan fingerprint density at radius 1 is 1.07 bits per heavy atom. The lowest BCUT2D eigenvalue weighted by Gasteiger charge is -2.39. The van der Waals surface area contributed by atoms with Crippen molar-refractivity contribution in [3.05, 3.63) is 75.9 Å². The number of amides is 1. The molecule has 7 heteroatoms. The van der Waals surface area contributed by atoms with Crippen LogP contribution in [0.3, 0.4) is 0 Å². The van der Waals surface area contributed by atoms with E-state index in [1.807, 2.05) is 43.0 Å². The first-order chi connectivity index (χ1) is 14.4. The van der Waals surface area contributed by atoms with Gasteiger partial charge in [-0.3, -0.25) is 9.69 Å². The molecule has 6 nitrogen and oxygen atoms in total. The van der Waals surface area contributed by atoms with E-state index in [1.165, 1.54) is 0 Å². The van der Waals surface area contributed by atoms with E-state index < -0.39 is 0 Å². The summed E-state index contributed by atoms with van der Waals surface area (Å²) in [7, 11) is 1.55. The van der Waals surface area contributed by atoms with Gasteiger partial charge >= 0.3 is 0 Å². The van der Waals surface area contributed by atoms with Crippen molar-refractivity contribution in [1.29, 1.82) is 5.26 Å². The Labute approximate surface area is 179 Å². The second kappa shape index (κ2) is 7.69. The fourth-order valence-electron chi connectivity index (χ4n) is 3.70. The first-order valence-electron chi connectivity index (χ1n) is 9.35. The molecule has 0 aliphatic carbocycles. The molecule has 30 heavy (non-hydrogen) atoms. The molecular formula is C23H19ClN4O2. The molecule has 0 saturated heterocycles. The number of aryl methyl sites for hydroxylation is 1. The molecular weight excluding hydrogens is 400 g/mol. The Bertz CT molecular complexity index is 1200. The highest BCUT2D eigenvalue weighted by molar-refractivity contribution is 6.31. The minimum atomic E-state index is -0.159. The van der Waals surface area contributed by atoms with Gasteiger partial charge in [-0.05, 0) is 55.8 Å². The minimum absolute atomic E-state index is 0.159. The molecule has 1 aromatic heterocycles. The molecule has 4 rings (SSSR count). The first kappa shape index (κ1) is 19.7. The Kier molecular flexibility index (Phi) is 5.06. The van der Waals surface area contributed by atoms with Crippen LogP contribution in [0.2, 0.25) is 5.02 Å². The molecule has 0 bridgehead atoms. The third-order valence-corrected chi connectivity index (χ3v) is 5.49. The van der Waals surface area contributed by atoms with Crippen LogP contribution >= 0.6 is 11.6 Å². The molecule has 2 aromatic carbocycles. The van der Waals surface area contributed by atoms with Gasteiger partial charge in [0, 0.05) is 16.8 Å². The minimum Gasteiger partial charge on any atom is -0.481 e. The number of benzene rings is 2. The van der Waals surface area contributed by atoms with Crippen LogP contribution in [-0.2, 0) is 0 Å². The number of hydrogen-bond donors (Lipinski definition) is 0. The number of methoxy groups -OCH3 is 1. The zero-order chi connectivity index (χ0) is 21.4. The van der Waals surface area contributed by atoms with E-state index in [1.54, 1.807) is 36.3 Å². The number of pyridine rings is 1. The second-order valence-corrected chi connectivity index (χ2v) is 7.42. The molecule has 0 atom stereocenters. The molecule has 0 saturated carbocycles. The average Bonchev–Trinajstić information content (AvgIpc) is 2.75. The normalized spacial score (nSPS) is 13.1. The third-order valence-electron chi connectivity index (χ3n) is 5.26. The van der Waals surface area contributed by atoms with E-state index in [0.29, 0.717) is 33.4 Å². The SMILES string of the molecule is COc1ccc(N2CN(c3cccc(C#N)c3C)c3ccc(Cl)cc3C2=O)c(C)n1. The fourth-order valence-corrected chi connectivity index (χ4v) is 3.87. The quantitative estimate of drug-likeness (QED) is 0.599. The number of hydrogen-bond acceptors (Lipinski definition) is 5. The van der Waals surface area contributed by atoms with Crippen LogP contribution < -0.4 is 14.5 Å². The fraction of sp³-hybridized carbons (Fsp3) is 0.174. The van der Waals surface area contributed by atoms with E-state index in [9.17, 15) is 10.1 Å². The van der Waals surface area contributed by atoms with Gasteiger partial charge in [0.2, 0.25) is 5.88 Å². The summed E-state index contributed by atoms with van der Waals surface area (Å²) < 4.78 is 5.19. The molecule has 0 N–H and O–H groups in total. The molecule has 3 aromatic rings. The van der Waals surface area contributed by atoms with Crippen LogP contribution in [-0.4, -0.2) is 24.7 Å². The lowest BCUT2D eigenvalue weighted by Crippen LogP contribution is -2.45. The lowest BCUT2D eigenvalue weighted by atomic mass is 10.0. The number of nitrogens with zero attached hydrogens (tertiary/aromatic N) is 4. The highest BCUT2D eigenvalue weighted by Crippen LogP contribution is 2.39. The number of ether oxygens (including phenoxy) is 1. The highest BCUT2D eigenvalue weighted by atomic mass is 35.5. The van der Waals surface area contributed by atoms with Crippen molar-refractivity contribution in [3.63, 3.8) is 0 Å². The van der Waals surface area contributed by atoms with Crippen LogP contribution in [0, 0.1) is 25.2 Å². The topological polar surface area (TPSA) is 69.5 Å². The van der Waals surface area contributed by atoms with Crippen molar-refractivity contribution in [2.45, 2.75) is 13.8 Å². The van der Waals surface area contributed by atoms with E-state index >= 15 is 0 Å². The van der Waals surface area contributed by atoms with Crippen LogP contribution in [0.25, 0.3) is 0 Å². The van der Waals surface area contributed by atoms with Crippen molar-refractivity contribution in [2.75, 3.05) is 23.6 Å². The maximum atomic E-state index is 13.4. The van der Waals surface area contributed by atoms with Crippen molar-refractivity contribution in [2.24, 2.45) is 0 Å². The van der Waals surface area contributed by atoms with Crippen molar-refractivity contribution >= 4 is 34.6 Å². The predicted octanol–water partition coefficient (Wildman–Crippen LogP) is 4.99. The number of fused-ring (bicyclic) bond motifs is 1. The summed E-state index contributed by atoms with van der Waals surface area (Å²) in [6, 6.07) is 16.6. The number of carbonyl (C=O) groups is 1. The zero-order valence-corrected chi connectivity index (χ0v) is 17.6. The van der Waals surface area contributed by atoms with Crippen LogP contribution in [0.15, 0.2) is 48.5 Å². The zero-order valence-electron chi connectivity index (χ0n) is 16.8. The van der Waals surface area contributed by atoms with Gasteiger partial charge in [0.15, 0.2) is 0 Å². The molecule has 0 unspecified atom stereocenters. The Hall–Kier alpha value is -3.56. The maximum absolute atomic E-state index is 13.4. The monoisotopic (exact) mass is 418 g/mol. The molecule has 0 spiro atoms. The summed E-state index contributed by atoms with van der Waals surface area (Å²) in [5, 5.41) is 9.94. The summed E-state index contributed by atoms with van der Waals surface area (Å²) in [6.07, 6.45) is 0. The Balaban J connectivity index is 1.89. The Morgan fingerprint density at radius 3 is 2.53 bits per heavy atom. The van der Waals surface area contributed by atoms with Crippen LogP contribution in [0.1, 0.15) is 27.2 Å². The highest BCUT2D eigenvalue weighted by Gasteiger charge is 2.33. The molecule has 1 aliphatic heterocycles. The standard InChI is InChI=1S/C23H19ClN4O2/c1-14-16(12-25)5-4-6-19(14)27-13-28(20-9-10-22(30-3)26-15(20)2)23(29)18-11-17(24)7-8-21(18)27/h4-11H,13H2,1-3H3. The summed E-state index contributed by atoms with van der Waals surface area (Å²) in [5.41, 5.74) is 4.90. The predicted molar refractivity (Wildman–Crippen MR) is 117 cm³/mol. The van der Waals surface area contributed by atoms with Gasteiger partial charge in [0.05, 0.1) is 41.4 Å². The first-order valence-corrected chi connectivity index (χ1v) is 9.72. The molecule has 0 fully saturated rings. The van der Waals surface area contributed by atoms with E-state index in [-0.39, 0.29) is 12.6 Å². The smallest absolute Gasteiger partial charge is 0.261 e. The van der Waals surface area contributed by atoms with E-state index in [4.69, 9.17) is 16.3 Å². The number of aromatic nitrogens is 1. The third kappa shape index (κ3) is 3.23. The maximum Gasteiger partial charge on any atom is 0.261 e. The van der Waals surface area contributed by atoms with Crippen LogP contribution in [0.5, 0.6) is 5.88 Å². The van der Waals surface area contributed by atoms with Crippen LogP contribution in [0.4, 0.5) is 17.1 Å². The second-order valence-electron chi connectivity index (χ2n) is 6.98. The lowest BCUT2D eigenvalue weighted by molar-refractivity contribution is 0.0983. The van der Waals surface area contributed by atoms with Crippen molar-refractivity contribution in [3.8, 4) is 11.9 Å². The number of nitriles is 1. The number of halogens is 1. The summed E-state index contributed by atoms with van der Waals surface area (Å²) in [4.78, 5) is 21.5. The summed E-state index contributed by atoms with van der Waals surface area (Å²) in [5.74, 6) is 0.325. The van der Waals surface area contributed by atoms with E-state index in [2.05, 4.69) is 11.1 Å². The van der Waals surface area contributed by atoms with Gasteiger partial charge < -0.3 is 9.64 Å². The number of carbonyl (C=O) groups excluding carboxylic acids is 1.